The number of fused-ring (bicyclic) bond motifs is 6. The molecule has 0 spiro atoms. The molecule has 170 valence electrons. The van der Waals surface area contributed by atoms with E-state index in [1.165, 1.54) is 58.0 Å². The van der Waals surface area contributed by atoms with E-state index in [9.17, 15) is 4.79 Å². The van der Waals surface area contributed by atoms with Gasteiger partial charge in [-0.1, -0.05) is 99.3 Å². The zero-order valence-corrected chi connectivity index (χ0v) is 19.7. The van der Waals surface area contributed by atoms with Gasteiger partial charge in [-0.2, -0.15) is 0 Å². The molecule has 1 saturated carbocycles. The minimum atomic E-state index is -0.212. The van der Waals surface area contributed by atoms with Crippen LogP contribution >= 0.6 is 0 Å². The van der Waals surface area contributed by atoms with E-state index in [-0.39, 0.29) is 18.0 Å². The monoisotopic (exact) mass is 438 g/mol. The van der Waals surface area contributed by atoms with Gasteiger partial charge in [0.05, 0.1) is 5.92 Å². The maximum atomic E-state index is 13.6. The number of carbonyl (C=O) groups is 1. The number of benzene rings is 4. The van der Waals surface area contributed by atoms with E-state index in [0.29, 0.717) is 0 Å². The van der Waals surface area contributed by atoms with Crippen molar-refractivity contribution >= 4 is 38.3 Å². The average molecular weight is 439 g/mol. The molecular formula is C31H34O2. The number of unbranched alkanes of at least 4 members (excludes halogenated alkanes) is 3. The summed E-state index contributed by atoms with van der Waals surface area (Å²) in [5.41, 5.74) is 1.13. The van der Waals surface area contributed by atoms with Crippen LogP contribution in [0, 0.1) is 0 Å². The van der Waals surface area contributed by atoms with E-state index >= 15 is 0 Å². The van der Waals surface area contributed by atoms with Crippen LogP contribution in [-0.2, 0) is 9.53 Å². The summed E-state index contributed by atoms with van der Waals surface area (Å²) in [5.74, 6) is -0.237. The molecule has 2 nitrogen and oxygen atoms in total. The molecule has 1 aliphatic rings. The van der Waals surface area contributed by atoms with E-state index in [2.05, 4.69) is 73.7 Å². The molecule has 4 aromatic carbocycles. The lowest BCUT2D eigenvalue weighted by Crippen LogP contribution is -2.22. The minimum Gasteiger partial charge on any atom is -0.462 e. The number of hydrogen-bond donors (Lipinski definition) is 0. The van der Waals surface area contributed by atoms with Crippen LogP contribution in [0.5, 0.6) is 0 Å². The Bertz CT molecular complexity index is 1220. The lowest BCUT2D eigenvalue weighted by Gasteiger charge is -2.22. The summed E-state index contributed by atoms with van der Waals surface area (Å²) < 4.78 is 6.09. The van der Waals surface area contributed by atoms with Crippen molar-refractivity contribution in [2.75, 3.05) is 0 Å². The lowest BCUT2D eigenvalue weighted by molar-refractivity contribution is -0.150. The highest BCUT2D eigenvalue weighted by atomic mass is 16.5. The molecule has 4 aromatic rings. The minimum absolute atomic E-state index is 0.0249. The molecular weight excluding hydrogens is 404 g/mol. The predicted molar refractivity (Wildman–Crippen MR) is 139 cm³/mol. The molecule has 2 heteroatoms. The Morgan fingerprint density at radius 2 is 1.36 bits per heavy atom. The van der Waals surface area contributed by atoms with Gasteiger partial charge < -0.3 is 4.74 Å². The fourth-order valence-corrected chi connectivity index (χ4v) is 5.70. The highest BCUT2D eigenvalue weighted by Gasteiger charge is 2.28. The number of ether oxygens (including phenoxy) is 1. The van der Waals surface area contributed by atoms with Crippen LogP contribution in [0.3, 0.4) is 0 Å². The topological polar surface area (TPSA) is 26.3 Å². The molecule has 33 heavy (non-hydrogen) atoms. The maximum Gasteiger partial charge on any atom is 0.313 e. The van der Waals surface area contributed by atoms with E-state index in [0.717, 1.165) is 37.7 Å². The summed E-state index contributed by atoms with van der Waals surface area (Å²) in [5, 5.41) is 7.45. The molecule has 5 rings (SSSR count). The molecule has 0 saturated heterocycles. The largest absolute Gasteiger partial charge is 0.462 e. The Balaban J connectivity index is 1.66. The maximum absolute atomic E-state index is 13.6. The van der Waals surface area contributed by atoms with Crippen LogP contribution in [0.1, 0.15) is 76.2 Å². The molecule has 1 aliphatic carbocycles. The van der Waals surface area contributed by atoms with Crippen molar-refractivity contribution in [3.63, 3.8) is 0 Å². The van der Waals surface area contributed by atoms with Crippen LogP contribution in [-0.4, -0.2) is 12.1 Å². The van der Waals surface area contributed by atoms with Gasteiger partial charge in [0.2, 0.25) is 0 Å². The Morgan fingerprint density at radius 1 is 0.788 bits per heavy atom. The van der Waals surface area contributed by atoms with E-state index < -0.39 is 0 Å². The molecule has 0 aliphatic heterocycles. The van der Waals surface area contributed by atoms with Gasteiger partial charge in [0, 0.05) is 0 Å². The molecule has 0 N–H and O–H groups in total. The van der Waals surface area contributed by atoms with Crippen LogP contribution in [0.25, 0.3) is 32.3 Å². The zero-order valence-electron chi connectivity index (χ0n) is 19.7. The molecule has 1 unspecified atom stereocenters. The van der Waals surface area contributed by atoms with Crippen molar-refractivity contribution in [1.82, 2.24) is 0 Å². The molecule has 0 heterocycles. The number of carbonyl (C=O) groups excluding carboxylic acids is 1. The van der Waals surface area contributed by atoms with Gasteiger partial charge in [-0.05, 0) is 70.0 Å². The van der Waals surface area contributed by atoms with Crippen molar-refractivity contribution < 1.29 is 9.53 Å². The Hall–Kier alpha value is -2.87. The fourth-order valence-electron chi connectivity index (χ4n) is 5.70. The number of hydrogen-bond acceptors (Lipinski definition) is 2. The highest BCUT2D eigenvalue weighted by molar-refractivity contribution is 6.26. The van der Waals surface area contributed by atoms with E-state index in [1.807, 2.05) is 0 Å². The van der Waals surface area contributed by atoms with E-state index in [4.69, 9.17) is 4.74 Å². The molecule has 0 aromatic heterocycles. The molecule has 0 radical (unpaired) electrons. The van der Waals surface area contributed by atoms with Crippen molar-refractivity contribution in [1.29, 1.82) is 0 Å². The first-order valence-corrected chi connectivity index (χ1v) is 12.8. The quantitative estimate of drug-likeness (QED) is 0.156. The van der Waals surface area contributed by atoms with Crippen molar-refractivity contribution in [3.05, 3.63) is 72.3 Å². The third-order valence-corrected chi connectivity index (χ3v) is 7.39. The molecule has 1 atom stereocenters. The summed E-state index contributed by atoms with van der Waals surface area (Å²) in [4.78, 5) is 13.6. The summed E-state index contributed by atoms with van der Waals surface area (Å²) in [6, 6.07) is 23.8. The first kappa shape index (κ1) is 21.9. The summed E-state index contributed by atoms with van der Waals surface area (Å²) in [6.45, 7) is 2.23. The Morgan fingerprint density at radius 3 is 2.00 bits per heavy atom. The zero-order chi connectivity index (χ0) is 22.6. The van der Waals surface area contributed by atoms with Crippen LogP contribution < -0.4 is 0 Å². The third-order valence-electron chi connectivity index (χ3n) is 7.39. The second-order valence-electron chi connectivity index (χ2n) is 9.61. The standard InChI is InChI=1S/C31H34O2/c1-2-3-4-5-19-29(31(32)33-22-13-6-7-14-22)28-21-12-20-27-25-16-9-8-15-23(25)24-17-10-11-18-26(24)30(27)28/h8-12,15-18,20-22,29H,2-7,13-14,19H2,1H3. The molecule has 0 bridgehead atoms. The van der Waals surface area contributed by atoms with Crippen LogP contribution in [0.15, 0.2) is 66.7 Å². The fraction of sp³-hybridized carbons (Fsp3) is 0.387. The van der Waals surface area contributed by atoms with Gasteiger partial charge in [-0.3, -0.25) is 4.79 Å². The van der Waals surface area contributed by atoms with Gasteiger partial charge in [-0.15, -0.1) is 0 Å². The predicted octanol–water partition coefficient (Wildman–Crippen LogP) is 8.69. The Labute approximate surface area is 196 Å². The summed E-state index contributed by atoms with van der Waals surface area (Å²) >= 11 is 0. The van der Waals surface area contributed by atoms with Gasteiger partial charge in [0.15, 0.2) is 0 Å². The van der Waals surface area contributed by atoms with Crippen molar-refractivity contribution in [3.8, 4) is 0 Å². The first-order valence-electron chi connectivity index (χ1n) is 12.8. The number of rotatable bonds is 8. The van der Waals surface area contributed by atoms with Gasteiger partial charge in [-0.25, -0.2) is 0 Å². The second kappa shape index (κ2) is 9.95. The van der Waals surface area contributed by atoms with Gasteiger partial charge in [0.1, 0.15) is 6.10 Å². The lowest BCUT2D eigenvalue weighted by atomic mass is 9.85. The summed E-state index contributed by atoms with van der Waals surface area (Å²) in [7, 11) is 0. The smallest absolute Gasteiger partial charge is 0.313 e. The number of esters is 1. The van der Waals surface area contributed by atoms with Crippen LogP contribution in [0.4, 0.5) is 0 Å². The second-order valence-corrected chi connectivity index (χ2v) is 9.61. The average Bonchev–Trinajstić information content (AvgIpc) is 3.37. The third kappa shape index (κ3) is 4.36. The molecule has 1 fully saturated rings. The first-order chi connectivity index (χ1) is 16.3. The van der Waals surface area contributed by atoms with Crippen molar-refractivity contribution in [2.24, 2.45) is 0 Å². The Kier molecular flexibility index (Phi) is 6.62. The normalized spacial score (nSPS) is 15.4. The van der Waals surface area contributed by atoms with Gasteiger partial charge >= 0.3 is 5.97 Å². The summed E-state index contributed by atoms with van der Waals surface area (Å²) in [6.07, 6.45) is 9.95. The van der Waals surface area contributed by atoms with Crippen molar-refractivity contribution in [2.45, 2.75) is 76.7 Å². The van der Waals surface area contributed by atoms with Crippen LogP contribution in [0.2, 0.25) is 0 Å². The highest BCUT2D eigenvalue weighted by Crippen LogP contribution is 2.40. The van der Waals surface area contributed by atoms with Gasteiger partial charge in [0.25, 0.3) is 0 Å². The van der Waals surface area contributed by atoms with E-state index in [1.54, 1.807) is 0 Å². The SMILES string of the molecule is CCCCCCC(C(=O)OC1CCCC1)c1cccc2c3ccccc3c3ccccc3c12. The molecule has 0 amide bonds.